The van der Waals surface area contributed by atoms with E-state index in [-0.39, 0.29) is 48.1 Å². The Morgan fingerprint density at radius 3 is 2.48 bits per heavy atom. The molecule has 3 aromatic carbocycles. The van der Waals surface area contributed by atoms with Gasteiger partial charge in [-0.05, 0) is 79.6 Å². The summed E-state index contributed by atoms with van der Waals surface area (Å²) in [5.41, 5.74) is 7.15. The smallest absolute Gasteiger partial charge is 0.264 e. The van der Waals surface area contributed by atoms with E-state index in [1.165, 1.54) is 0 Å². The minimum absolute atomic E-state index is 0.00385. The number of amides is 5. The van der Waals surface area contributed by atoms with Crippen molar-refractivity contribution < 1.29 is 28.8 Å². The van der Waals surface area contributed by atoms with Crippen LogP contribution in [0.25, 0.3) is 10.9 Å². The third-order valence-electron chi connectivity index (χ3n) is 11.9. The highest BCUT2D eigenvalue weighted by molar-refractivity contribution is 6.25. The number of imide groups is 2. The maximum absolute atomic E-state index is 14.1. The molecule has 1 aromatic heterocycles. The predicted molar refractivity (Wildman–Crippen MR) is 209 cm³/mol. The number of aromatic amines is 1. The van der Waals surface area contributed by atoms with Crippen molar-refractivity contribution in [3.8, 4) is 6.07 Å². The largest absolute Gasteiger partial charge is 0.384 e. The normalized spacial score (nSPS) is 19.0. The molecule has 4 aromatic rings. The minimum atomic E-state index is -1.04. The van der Waals surface area contributed by atoms with E-state index in [4.69, 9.17) is 0 Å². The van der Waals surface area contributed by atoms with Crippen molar-refractivity contribution in [3.63, 3.8) is 0 Å². The van der Waals surface area contributed by atoms with Crippen molar-refractivity contribution in [2.24, 2.45) is 0 Å². The van der Waals surface area contributed by atoms with Crippen LogP contribution in [0.2, 0.25) is 0 Å². The van der Waals surface area contributed by atoms with Crippen LogP contribution in [-0.2, 0) is 26.2 Å². The first kappa shape index (κ1) is 36.7. The predicted octanol–water partition coefficient (Wildman–Crippen LogP) is 4.85. The third kappa shape index (κ3) is 6.09. The number of fused-ring (bicyclic) bond motifs is 5. The molecule has 1 atom stereocenters. The molecule has 2 fully saturated rings. The quantitative estimate of drug-likeness (QED) is 0.137. The number of nitriles is 1. The topological polar surface area (TPSA) is 185 Å². The number of ketones is 1. The lowest BCUT2D eigenvalue weighted by molar-refractivity contribution is -0.136. The van der Waals surface area contributed by atoms with Gasteiger partial charge in [0.25, 0.3) is 11.8 Å². The highest BCUT2D eigenvalue weighted by Gasteiger charge is 2.46. The van der Waals surface area contributed by atoms with Crippen molar-refractivity contribution in [3.05, 3.63) is 93.2 Å². The van der Waals surface area contributed by atoms with Crippen LogP contribution in [-0.4, -0.2) is 76.9 Å². The Bertz CT molecular complexity index is 2410. The molecule has 13 nitrogen and oxygen atoms in total. The number of aryl methyl sites for hydroxylation is 1. The molecule has 1 aliphatic carbocycles. The fraction of sp³-hybridized carbons (Fsp3) is 0.372. The van der Waals surface area contributed by atoms with Gasteiger partial charge in [-0.15, -0.1) is 0 Å². The van der Waals surface area contributed by atoms with E-state index < -0.39 is 35.1 Å². The lowest BCUT2D eigenvalue weighted by atomic mass is 9.70. The van der Waals surface area contributed by atoms with Gasteiger partial charge in [0, 0.05) is 77.5 Å². The van der Waals surface area contributed by atoms with Crippen molar-refractivity contribution in [2.45, 2.75) is 83.2 Å². The maximum Gasteiger partial charge on any atom is 0.264 e. The van der Waals surface area contributed by atoms with E-state index in [2.05, 4.69) is 64.8 Å². The first-order chi connectivity index (χ1) is 26.9. The molecule has 56 heavy (non-hydrogen) atoms. The number of hydrogen-bond acceptors (Lipinski definition) is 9. The number of nitrogens with zero attached hydrogens (tertiary/aromatic N) is 3. The maximum atomic E-state index is 14.1. The molecule has 5 amide bonds. The molecule has 2 saturated heterocycles. The van der Waals surface area contributed by atoms with Crippen molar-refractivity contribution >= 4 is 57.6 Å². The lowest BCUT2D eigenvalue weighted by Crippen LogP contribution is -2.54. The second kappa shape index (κ2) is 14.1. The molecular weight excluding hydrogens is 711 g/mol. The first-order valence-corrected chi connectivity index (χ1v) is 19.3. The lowest BCUT2D eigenvalue weighted by Gasteiger charge is -2.38. The Balaban J connectivity index is 0.870. The monoisotopic (exact) mass is 753 g/mol. The number of anilines is 2. The molecule has 4 N–H and O–H groups in total. The van der Waals surface area contributed by atoms with Crippen LogP contribution in [0.3, 0.4) is 0 Å². The molecule has 13 heteroatoms. The first-order valence-electron chi connectivity index (χ1n) is 19.3. The number of benzene rings is 3. The van der Waals surface area contributed by atoms with Crippen molar-refractivity contribution in [1.29, 1.82) is 5.26 Å². The average Bonchev–Trinajstić information content (AvgIpc) is 3.70. The summed E-state index contributed by atoms with van der Waals surface area (Å²) >= 11 is 0. The van der Waals surface area contributed by atoms with Gasteiger partial charge in [0.15, 0.2) is 5.78 Å². The van der Waals surface area contributed by atoms with Crippen molar-refractivity contribution in [1.82, 2.24) is 20.5 Å². The van der Waals surface area contributed by atoms with Gasteiger partial charge in [0.2, 0.25) is 17.7 Å². The van der Waals surface area contributed by atoms with Gasteiger partial charge in [0.1, 0.15) is 6.04 Å². The van der Waals surface area contributed by atoms with Gasteiger partial charge in [-0.1, -0.05) is 32.9 Å². The zero-order valence-corrected chi connectivity index (χ0v) is 31.6. The molecule has 4 heterocycles. The van der Waals surface area contributed by atoms with Crippen LogP contribution in [0.15, 0.2) is 48.5 Å². The number of carbonyl (C=O) groups is 6. The minimum Gasteiger partial charge on any atom is -0.384 e. The van der Waals surface area contributed by atoms with E-state index in [1.54, 1.807) is 30.3 Å². The SMILES string of the molecule is CCc1cc2c(cc1N1CCC(NC(=O)CCCNc3cccc4c3C(=O)N(C3CCC(=O)NC3=O)C4=O)CC1)C(C)(C)c1[nH]c3cc(C#N)ccc3c1C2=O. The molecule has 0 radical (unpaired) electrons. The fourth-order valence-corrected chi connectivity index (χ4v) is 8.86. The van der Waals surface area contributed by atoms with Crippen LogP contribution >= 0.6 is 0 Å². The van der Waals surface area contributed by atoms with Crippen LogP contribution in [0.1, 0.15) is 118 Å². The highest BCUT2D eigenvalue weighted by Crippen LogP contribution is 2.46. The summed E-state index contributed by atoms with van der Waals surface area (Å²) in [5, 5.41) is 18.9. The van der Waals surface area contributed by atoms with E-state index in [0.29, 0.717) is 29.8 Å². The molecular formula is C43H43N7O6. The van der Waals surface area contributed by atoms with E-state index >= 15 is 0 Å². The number of H-pyrrole nitrogens is 1. The average molecular weight is 754 g/mol. The standard InChI is InChI=1S/C43H43N7O6/c1-4-24-20-28-29(43(2,3)39-37(38(28)53)26-11-10-23(22-44)19-31(26)47-39)21-33(24)49-17-14-25(15-18-49)46-34(51)9-6-16-45-30-8-5-7-27-36(30)42(56)50(41(27)55)32-12-13-35(52)48-40(32)54/h5,7-8,10-11,19-21,25,32,45,47H,4,6,9,12-18H2,1-3H3,(H,46,51)(H,48,52,54). The molecule has 286 valence electrons. The highest BCUT2D eigenvalue weighted by atomic mass is 16.2. The third-order valence-corrected chi connectivity index (χ3v) is 11.9. The second-order valence-electron chi connectivity index (χ2n) is 15.6. The Morgan fingerprint density at radius 2 is 1.75 bits per heavy atom. The number of piperidine rings is 2. The van der Waals surface area contributed by atoms with Crippen LogP contribution < -0.4 is 20.9 Å². The number of aromatic nitrogens is 1. The van der Waals surface area contributed by atoms with E-state index in [0.717, 1.165) is 76.2 Å². The molecule has 8 rings (SSSR count). The Hall–Kier alpha value is -6.29. The van der Waals surface area contributed by atoms with E-state index in [9.17, 15) is 34.0 Å². The van der Waals surface area contributed by atoms with Crippen LogP contribution in [0, 0.1) is 11.3 Å². The van der Waals surface area contributed by atoms with Gasteiger partial charge in [0.05, 0.1) is 28.3 Å². The zero-order valence-electron chi connectivity index (χ0n) is 31.6. The fourth-order valence-electron chi connectivity index (χ4n) is 8.86. The number of hydrogen-bond donors (Lipinski definition) is 4. The number of carbonyl (C=O) groups excluding carboxylic acids is 6. The summed E-state index contributed by atoms with van der Waals surface area (Å²) in [6.07, 6.45) is 3.22. The molecule has 1 unspecified atom stereocenters. The van der Waals surface area contributed by atoms with Gasteiger partial charge in [-0.25, -0.2) is 0 Å². The molecule has 0 saturated carbocycles. The van der Waals surface area contributed by atoms with Crippen LogP contribution in [0.4, 0.5) is 11.4 Å². The Kier molecular flexibility index (Phi) is 9.23. The summed E-state index contributed by atoms with van der Waals surface area (Å²) < 4.78 is 0. The van der Waals surface area contributed by atoms with Gasteiger partial charge < -0.3 is 20.5 Å². The molecule has 0 spiro atoms. The zero-order chi connectivity index (χ0) is 39.5. The summed E-state index contributed by atoms with van der Waals surface area (Å²) in [5.74, 6) is -2.29. The van der Waals surface area contributed by atoms with Gasteiger partial charge >= 0.3 is 0 Å². The Labute approximate surface area is 323 Å². The van der Waals surface area contributed by atoms with Crippen LogP contribution in [0.5, 0.6) is 0 Å². The molecule has 3 aliphatic heterocycles. The summed E-state index contributed by atoms with van der Waals surface area (Å²) in [6, 6.07) is 15.8. The number of nitrogens with one attached hydrogen (secondary N) is 4. The van der Waals surface area contributed by atoms with Gasteiger partial charge in [-0.3, -0.25) is 39.0 Å². The summed E-state index contributed by atoms with van der Waals surface area (Å²) in [4.78, 5) is 84.4. The Morgan fingerprint density at radius 1 is 0.964 bits per heavy atom. The second-order valence-corrected chi connectivity index (χ2v) is 15.6. The van der Waals surface area contributed by atoms with E-state index in [1.807, 2.05) is 6.07 Å². The molecule has 4 aliphatic rings. The number of rotatable bonds is 9. The molecule has 0 bridgehead atoms. The summed E-state index contributed by atoms with van der Waals surface area (Å²) in [7, 11) is 0. The van der Waals surface area contributed by atoms with Gasteiger partial charge in [-0.2, -0.15) is 5.26 Å². The summed E-state index contributed by atoms with van der Waals surface area (Å²) in [6.45, 7) is 8.26. The van der Waals surface area contributed by atoms with Crippen molar-refractivity contribution in [2.75, 3.05) is 29.9 Å².